The molecule has 1 unspecified atom stereocenters. The van der Waals surface area contributed by atoms with E-state index in [1.807, 2.05) is 0 Å². The molecule has 0 saturated carbocycles. The molecule has 3 aromatic rings. The number of fused-ring (bicyclic) bond motifs is 1. The fraction of sp³-hybridized carbons (Fsp3) is 0.167. The molecule has 32 heavy (non-hydrogen) atoms. The van der Waals surface area contributed by atoms with E-state index in [0.29, 0.717) is 40.0 Å². The first kappa shape index (κ1) is 19.7. The molecule has 162 valence electrons. The molecule has 8 heteroatoms. The molecule has 3 heterocycles. The third kappa shape index (κ3) is 2.99. The van der Waals surface area contributed by atoms with Crippen molar-refractivity contribution in [3.05, 3.63) is 77.3 Å². The van der Waals surface area contributed by atoms with Crippen LogP contribution in [0.2, 0.25) is 0 Å². The number of carbonyl (C=O) groups excluding carboxylic acids is 2. The van der Waals surface area contributed by atoms with Crippen LogP contribution in [0.15, 0.2) is 64.6 Å². The van der Waals surface area contributed by atoms with Crippen molar-refractivity contribution in [1.29, 1.82) is 0 Å². The Balaban J connectivity index is 1.72. The van der Waals surface area contributed by atoms with E-state index in [4.69, 9.17) is 18.6 Å². The summed E-state index contributed by atoms with van der Waals surface area (Å²) in [5.41, 5.74) is 0.618. The number of aryl methyl sites for hydroxylation is 1. The Kier molecular flexibility index (Phi) is 4.62. The third-order valence-electron chi connectivity index (χ3n) is 5.47. The van der Waals surface area contributed by atoms with Crippen molar-refractivity contribution in [2.45, 2.75) is 13.0 Å². The van der Waals surface area contributed by atoms with Gasteiger partial charge in [0.2, 0.25) is 6.79 Å². The number of anilines is 1. The molecule has 8 nitrogen and oxygen atoms in total. The van der Waals surface area contributed by atoms with E-state index in [0.717, 1.165) is 0 Å². The summed E-state index contributed by atoms with van der Waals surface area (Å²) < 4.78 is 21.9. The highest BCUT2D eigenvalue weighted by Gasteiger charge is 2.49. The van der Waals surface area contributed by atoms with Crippen LogP contribution in [-0.4, -0.2) is 30.7 Å². The van der Waals surface area contributed by atoms with E-state index >= 15 is 0 Å². The predicted molar refractivity (Wildman–Crippen MR) is 114 cm³/mol. The summed E-state index contributed by atoms with van der Waals surface area (Å²) in [6, 6.07) is 14.1. The lowest BCUT2D eigenvalue weighted by Crippen LogP contribution is -2.29. The first-order chi connectivity index (χ1) is 15.5. The van der Waals surface area contributed by atoms with E-state index in [2.05, 4.69) is 0 Å². The van der Waals surface area contributed by atoms with Crippen LogP contribution in [0.3, 0.4) is 0 Å². The summed E-state index contributed by atoms with van der Waals surface area (Å²) in [6.45, 7) is 1.84. The van der Waals surface area contributed by atoms with Gasteiger partial charge in [-0.15, -0.1) is 0 Å². The first-order valence-corrected chi connectivity index (χ1v) is 9.90. The Morgan fingerprint density at radius 2 is 1.84 bits per heavy atom. The fourth-order valence-electron chi connectivity index (χ4n) is 3.99. The van der Waals surface area contributed by atoms with Gasteiger partial charge in [0.05, 0.1) is 18.2 Å². The molecule has 0 aliphatic carbocycles. The zero-order valence-electron chi connectivity index (χ0n) is 17.3. The summed E-state index contributed by atoms with van der Waals surface area (Å²) >= 11 is 0. The molecule has 5 rings (SSSR count). The average molecular weight is 433 g/mol. The van der Waals surface area contributed by atoms with Crippen molar-refractivity contribution < 1.29 is 33.3 Å². The van der Waals surface area contributed by atoms with E-state index in [-0.39, 0.29) is 18.1 Å². The number of para-hydroxylation sites is 1. The number of aliphatic hydroxyl groups is 1. The maximum Gasteiger partial charge on any atom is 0.300 e. The van der Waals surface area contributed by atoms with Gasteiger partial charge < -0.3 is 23.7 Å². The number of ketones is 1. The van der Waals surface area contributed by atoms with Crippen molar-refractivity contribution in [3.8, 4) is 17.2 Å². The van der Waals surface area contributed by atoms with Crippen molar-refractivity contribution in [2.24, 2.45) is 0 Å². The van der Waals surface area contributed by atoms with Gasteiger partial charge in [-0.05, 0) is 43.3 Å². The molecule has 1 amide bonds. The lowest BCUT2D eigenvalue weighted by Gasteiger charge is -2.23. The highest BCUT2D eigenvalue weighted by Crippen LogP contribution is 2.45. The first-order valence-electron chi connectivity index (χ1n) is 9.90. The fourth-order valence-corrected chi connectivity index (χ4v) is 3.99. The van der Waals surface area contributed by atoms with Gasteiger partial charge >= 0.3 is 0 Å². The van der Waals surface area contributed by atoms with Crippen LogP contribution in [0.4, 0.5) is 5.69 Å². The van der Waals surface area contributed by atoms with Gasteiger partial charge in [0.15, 0.2) is 11.5 Å². The second-order valence-electron chi connectivity index (χ2n) is 7.36. The topological polar surface area (TPSA) is 98.4 Å². The number of nitrogens with zero attached hydrogens (tertiary/aromatic N) is 1. The monoisotopic (exact) mass is 433 g/mol. The Hall–Kier alpha value is -4.20. The number of amides is 1. The second-order valence-corrected chi connectivity index (χ2v) is 7.36. The van der Waals surface area contributed by atoms with Crippen LogP contribution in [-0.2, 0) is 9.59 Å². The summed E-state index contributed by atoms with van der Waals surface area (Å²) in [7, 11) is 1.46. The number of benzene rings is 2. The normalized spacial score (nSPS) is 18.9. The zero-order valence-corrected chi connectivity index (χ0v) is 17.3. The number of ether oxygens (including phenoxy) is 3. The summed E-state index contributed by atoms with van der Waals surface area (Å²) in [5.74, 6) is 0.360. The predicted octanol–water partition coefficient (Wildman–Crippen LogP) is 3.95. The molecule has 0 spiro atoms. The molecule has 0 bridgehead atoms. The molecular formula is C24H19NO7. The van der Waals surface area contributed by atoms with Gasteiger partial charge in [0, 0.05) is 11.8 Å². The van der Waals surface area contributed by atoms with Crippen LogP contribution in [0, 0.1) is 6.92 Å². The van der Waals surface area contributed by atoms with Crippen LogP contribution < -0.4 is 19.1 Å². The van der Waals surface area contributed by atoms with E-state index in [1.54, 1.807) is 61.5 Å². The van der Waals surface area contributed by atoms with Crippen molar-refractivity contribution in [2.75, 3.05) is 18.8 Å². The summed E-state index contributed by atoms with van der Waals surface area (Å²) in [4.78, 5) is 27.7. The standard InChI is InChI=1S/C24H19NO7/c1-13-7-9-18(32-13)21-20(22(26)15-5-3-4-6-16(15)29-2)23(27)24(28)25(21)14-8-10-17-19(11-14)31-12-30-17/h3-11,21,26H,12H2,1-2H3/b22-20-. The minimum absolute atomic E-state index is 0.0756. The Labute approximate surface area is 183 Å². The second kappa shape index (κ2) is 7.49. The zero-order chi connectivity index (χ0) is 22.4. The van der Waals surface area contributed by atoms with Crippen molar-refractivity contribution in [1.82, 2.24) is 0 Å². The Morgan fingerprint density at radius 3 is 2.59 bits per heavy atom. The Bertz CT molecular complexity index is 1270. The highest BCUT2D eigenvalue weighted by atomic mass is 16.7. The maximum atomic E-state index is 13.2. The molecule has 1 atom stereocenters. The van der Waals surface area contributed by atoms with Crippen LogP contribution in [0.25, 0.3) is 5.76 Å². The number of methoxy groups -OCH3 is 1. The average Bonchev–Trinajstić information content (AvgIpc) is 3.51. The summed E-state index contributed by atoms with van der Waals surface area (Å²) in [5, 5.41) is 11.2. The highest BCUT2D eigenvalue weighted by molar-refractivity contribution is 6.51. The van der Waals surface area contributed by atoms with E-state index in [1.165, 1.54) is 12.0 Å². The van der Waals surface area contributed by atoms with Crippen LogP contribution >= 0.6 is 0 Å². The summed E-state index contributed by atoms with van der Waals surface area (Å²) in [6.07, 6.45) is 0. The molecular weight excluding hydrogens is 414 g/mol. The van der Waals surface area contributed by atoms with Crippen LogP contribution in [0.5, 0.6) is 17.2 Å². The number of hydrogen-bond acceptors (Lipinski definition) is 7. The SMILES string of the molecule is COc1ccccc1/C(O)=C1/C(=O)C(=O)N(c2ccc3c(c2)OCO3)C1c1ccc(C)o1. The molecule has 1 aromatic heterocycles. The Morgan fingerprint density at radius 1 is 1.06 bits per heavy atom. The van der Waals surface area contributed by atoms with Gasteiger partial charge in [-0.25, -0.2) is 0 Å². The molecule has 1 saturated heterocycles. The minimum Gasteiger partial charge on any atom is -0.507 e. The lowest BCUT2D eigenvalue weighted by atomic mass is 9.98. The molecule has 2 aliphatic heterocycles. The number of hydrogen-bond donors (Lipinski definition) is 1. The maximum absolute atomic E-state index is 13.2. The van der Waals surface area contributed by atoms with Gasteiger partial charge in [0.1, 0.15) is 29.1 Å². The minimum atomic E-state index is -0.978. The van der Waals surface area contributed by atoms with Gasteiger partial charge in [0.25, 0.3) is 11.7 Å². The number of aliphatic hydroxyl groups excluding tert-OH is 1. The number of rotatable bonds is 4. The van der Waals surface area contributed by atoms with E-state index in [9.17, 15) is 14.7 Å². The number of carbonyl (C=O) groups is 2. The van der Waals surface area contributed by atoms with Crippen molar-refractivity contribution in [3.63, 3.8) is 0 Å². The molecule has 2 aliphatic rings. The smallest absolute Gasteiger partial charge is 0.300 e. The lowest BCUT2D eigenvalue weighted by molar-refractivity contribution is -0.132. The molecule has 0 radical (unpaired) electrons. The van der Waals surface area contributed by atoms with Gasteiger partial charge in [-0.2, -0.15) is 0 Å². The molecule has 2 aromatic carbocycles. The number of furan rings is 1. The number of Topliss-reactive ketones (excluding diaryl/α,β-unsaturated/α-hetero) is 1. The van der Waals surface area contributed by atoms with Gasteiger partial charge in [-0.3, -0.25) is 14.5 Å². The van der Waals surface area contributed by atoms with Crippen molar-refractivity contribution >= 4 is 23.1 Å². The largest absolute Gasteiger partial charge is 0.507 e. The van der Waals surface area contributed by atoms with Gasteiger partial charge in [-0.1, -0.05) is 12.1 Å². The van der Waals surface area contributed by atoms with E-state index < -0.39 is 17.7 Å². The van der Waals surface area contributed by atoms with Crippen LogP contribution in [0.1, 0.15) is 23.1 Å². The third-order valence-corrected chi connectivity index (χ3v) is 5.47. The molecule has 1 N–H and O–H groups in total. The quantitative estimate of drug-likeness (QED) is 0.378. The molecule has 1 fully saturated rings.